The molecular weight excluding hydrogens is 574 g/mol. The molecule has 0 aromatic heterocycles. The molecule has 1 fully saturated rings. The second-order valence-corrected chi connectivity index (χ2v) is 14.5. The molecule has 2 bridgehead atoms. The largest absolute Gasteiger partial charge is 0.490 e. The third-order valence-electron chi connectivity index (χ3n) is 9.78. The van der Waals surface area contributed by atoms with Gasteiger partial charge in [0.2, 0.25) is 0 Å². The number of fused-ring (bicyclic) bond motifs is 4. The van der Waals surface area contributed by atoms with Crippen LogP contribution in [-0.2, 0) is 22.0 Å². The Kier molecular flexibility index (Phi) is 8.30. The SMILES string of the molecule is C=CCN1CCCC[C@H](O)[C@@H]2CC[C@H]2CN2C[C@@]3(CCCc4cc(Cl)ccc43)COc3ccc(cc32)C(=O)NS1(=O)=O. The summed E-state index contributed by atoms with van der Waals surface area (Å²) in [5.41, 5.74) is 3.30. The summed E-state index contributed by atoms with van der Waals surface area (Å²) in [5.74, 6) is 0.517. The molecule has 42 heavy (non-hydrogen) atoms. The van der Waals surface area contributed by atoms with Gasteiger partial charge in [0.15, 0.2) is 0 Å². The summed E-state index contributed by atoms with van der Waals surface area (Å²) in [6.45, 7) is 5.96. The van der Waals surface area contributed by atoms with Gasteiger partial charge in [0.1, 0.15) is 5.75 Å². The highest BCUT2D eigenvalue weighted by molar-refractivity contribution is 7.87. The van der Waals surface area contributed by atoms with Crippen LogP contribution < -0.4 is 14.4 Å². The maximum atomic E-state index is 13.4. The highest BCUT2D eigenvalue weighted by Gasteiger charge is 2.44. The molecule has 226 valence electrons. The van der Waals surface area contributed by atoms with Gasteiger partial charge < -0.3 is 14.7 Å². The first-order chi connectivity index (χ1) is 20.2. The Morgan fingerprint density at radius 3 is 2.79 bits per heavy atom. The third-order valence-corrected chi connectivity index (χ3v) is 11.5. The molecule has 1 spiro atoms. The van der Waals surface area contributed by atoms with E-state index in [9.17, 15) is 18.3 Å². The Bertz CT molecular complexity index is 1470. The zero-order valence-corrected chi connectivity index (χ0v) is 25.5. The van der Waals surface area contributed by atoms with Gasteiger partial charge in [-0.15, -0.1) is 6.58 Å². The number of hydrogen-bond donors (Lipinski definition) is 2. The van der Waals surface area contributed by atoms with Crippen molar-refractivity contribution in [3.05, 3.63) is 70.8 Å². The Hall–Kier alpha value is -2.59. The number of aliphatic hydroxyl groups is 1. The van der Waals surface area contributed by atoms with E-state index in [1.807, 2.05) is 6.07 Å². The van der Waals surface area contributed by atoms with E-state index in [1.54, 1.807) is 18.2 Å². The smallest absolute Gasteiger partial charge is 0.304 e. The predicted octanol–water partition coefficient (Wildman–Crippen LogP) is 4.85. The number of nitrogens with one attached hydrogen (secondary N) is 1. The van der Waals surface area contributed by atoms with Crippen LogP contribution in [-0.4, -0.2) is 62.6 Å². The van der Waals surface area contributed by atoms with Crippen LogP contribution in [0.25, 0.3) is 0 Å². The van der Waals surface area contributed by atoms with Gasteiger partial charge >= 0.3 is 10.2 Å². The molecule has 2 aliphatic carbocycles. The first-order valence-electron chi connectivity index (χ1n) is 15.1. The minimum atomic E-state index is -4.09. The second kappa shape index (κ2) is 11.8. The van der Waals surface area contributed by atoms with Gasteiger partial charge in [0.05, 0.1) is 18.4 Å². The molecule has 1 amide bonds. The Morgan fingerprint density at radius 1 is 1.14 bits per heavy atom. The quantitative estimate of drug-likeness (QED) is 0.470. The molecule has 2 aromatic rings. The van der Waals surface area contributed by atoms with Crippen LogP contribution in [0.2, 0.25) is 5.02 Å². The van der Waals surface area contributed by atoms with Crippen LogP contribution in [0.3, 0.4) is 0 Å². The zero-order valence-electron chi connectivity index (χ0n) is 23.9. The van der Waals surface area contributed by atoms with E-state index in [0.29, 0.717) is 44.1 Å². The molecule has 2 heterocycles. The molecule has 0 unspecified atom stereocenters. The van der Waals surface area contributed by atoms with Crippen LogP contribution in [0, 0.1) is 11.8 Å². The van der Waals surface area contributed by atoms with Gasteiger partial charge in [-0.2, -0.15) is 12.7 Å². The fourth-order valence-corrected chi connectivity index (χ4v) is 8.76. The molecule has 8 nitrogen and oxygen atoms in total. The van der Waals surface area contributed by atoms with Crippen molar-refractivity contribution in [1.82, 2.24) is 9.03 Å². The van der Waals surface area contributed by atoms with Crippen molar-refractivity contribution in [2.45, 2.75) is 62.9 Å². The van der Waals surface area contributed by atoms with Crippen LogP contribution >= 0.6 is 11.6 Å². The average molecular weight is 614 g/mol. The summed E-state index contributed by atoms with van der Waals surface area (Å²) >= 11 is 6.38. The van der Waals surface area contributed by atoms with Gasteiger partial charge in [0.25, 0.3) is 5.91 Å². The van der Waals surface area contributed by atoms with Crippen molar-refractivity contribution in [1.29, 1.82) is 0 Å². The van der Waals surface area contributed by atoms with Crippen LogP contribution in [0.15, 0.2) is 49.1 Å². The van der Waals surface area contributed by atoms with Crippen molar-refractivity contribution in [2.75, 3.05) is 37.7 Å². The Balaban J connectivity index is 1.40. The lowest BCUT2D eigenvalue weighted by atomic mass is 9.68. The van der Waals surface area contributed by atoms with E-state index in [2.05, 4.69) is 28.3 Å². The molecular formula is C32H40ClN3O5S. The standard InChI is InChI=1S/C32H40ClN3O5S/c1-2-15-36-16-4-3-7-29(37)26-11-8-24(26)19-35-20-32(14-5-6-22-17-25(33)10-12-27(22)32)21-41-30-13-9-23(18-28(30)35)31(38)34-42(36,39)40/h2,9-10,12-13,17-18,24,26,29,37H,1,3-8,11,14-16,19-21H2,(H,34,38)/t24-,26+,29-,32-/m0/s1. The van der Waals surface area contributed by atoms with E-state index >= 15 is 0 Å². The van der Waals surface area contributed by atoms with E-state index < -0.39 is 22.2 Å². The molecule has 4 aliphatic rings. The summed E-state index contributed by atoms with van der Waals surface area (Å²) in [7, 11) is -4.09. The number of carbonyl (C=O) groups is 1. The lowest BCUT2D eigenvalue weighted by molar-refractivity contribution is 0.00899. The van der Waals surface area contributed by atoms with Gasteiger partial charge in [-0.3, -0.25) is 4.79 Å². The normalized spacial score (nSPS) is 29.7. The van der Waals surface area contributed by atoms with Crippen LogP contribution in [0.5, 0.6) is 5.75 Å². The van der Waals surface area contributed by atoms with Crippen molar-refractivity contribution >= 4 is 33.4 Å². The molecule has 10 heteroatoms. The maximum absolute atomic E-state index is 13.4. The van der Waals surface area contributed by atoms with Crippen molar-refractivity contribution in [2.24, 2.45) is 11.8 Å². The molecule has 2 aliphatic heterocycles. The van der Waals surface area contributed by atoms with E-state index in [1.165, 1.54) is 21.5 Å². The summed E-state index contributed by atoms with van der Waals surface area (Å²) in [6, 6.07) is 11.3. The molecule has 6 rings (SSSR count). The first-order valence-corrected chi connectivity index (χ1v) is 16.9. The molecule has 2 N–H and O–H groups in total. The topological polar surface area (TPSA) is 99.2 Å². The number of anilines is 1. The minimum absolute atomic E-state index is 0.0937. The number of amides is 1. The number of benzene rings is 2. The second-order valence-electron chi connectivity index (χ2n) is 12.4. The number of ether oxygens (including phenoxy) is 1. The number of hydrogen-bond acceptors (Lipinski definition) is 6. The highest BCUT2D eigenvalue weighted by atomic mass is 35.5. The summed E-state index contributed by atoms with van der Waals surface area (Å²) < 4.78 is 36.4. The van der Waals surface area contributed by atoms with Crippen molar-refractivity contribution < 1.29 is 23.1 Å². The number of nitrogens with zero attached hydrogens (tertiary/aromatic N) is 2. The van der Waals surface area contributed by atoms with Gasteiger partial charge in [-0.05, 0) is 105 Å². The minimum Gasteiger partial charge on any atom is -0.490 e. The summed E-state index contributed by atoms with van der Waals surface area (Å²) in [5, 5.41) is 11.9. The van der Waals surface area contributed by atoms with Crippen molar-refractivity contribution in [3.8, 4) is 5.75 Å². The lowest BCUT2D eigenvalue weighted by Gasteiger charge is -2.45. The average Bonchev–Trinajstić information content (AvgIpc) is 3.09. The van der Waals surface area contributed by atoms with Gasteiger partial charge in [-0.1, -0.05) is 23.7 Å². The number of rotatable bonds is 2. The highest BCUT2D eigenvalue weighted by Crippen LogP contribution is 2.47. The number of aryl methyl sites for hydroxylation is 1. The Labute approximate surface area is 253 Å². The van der Waals surface area contributed by atoms with Gasteiger partial charge in [-0.25, -0.2) is 4.72 Å². The fraction of sp³-hybridized carbons (Fsp3) is 0.531. The predicted molar refractivity (Wildman–Crippen MR) is 164 cm³/mol. The molecule has 0 radical (unpaired) electrons. The van der Waals surface area contributed by atoms with E-state index in [4.69, 9.17) is 16.3 Å². The molecule has 2 aromatic carbocycles. The maximum Gasteiger partial charge on any atom is 0.304 e. The molecule has 4 atom stereocenters. The number of aliphatic hydroxyl groups excluding tert-OH is 1. The monoisotopic (exact) mass is 613 g/mol. The van der Waals surface area contributed by atoms with E-state index in [-0.39, 0.29) is 30.0 Å². The zero-order chi connectivity index (χ0) is 29.5. The van der Waals surface area contributed by atoms with Crippen molar-refractivity contribution in [3.63, 3.8) is 0 Å². The molecule has 1 saturated carbocycles. The summed E-state index contributed by atoms with van der Waals surface area (Å²) in [6.07, 6.45) is 7.98. The fourth-order valence-electron chi connectivity index (χ4n) is 7.42. The Morgan fingerprint density at radius 2 is 2.00 bits per heavy atom. The lowest BCUT2D eigenvalue weighted by Crippen LogP contribution is -2.49. The van der Waals surface area contributed by atoms with Crippen LogP contribution in [0.4, 0.5) is 5.69 Å². The number of carbonyl (C=O) groups excluding carboxylic acids is 1. The van der Waals surface area contributed by atoms with Gasteiger partial charge in [0, 0.05) is 42.2 Å². The summed E-state index contributed by atoms with van der Waals surface area (Å²) in [4.78, 5) is 15.7. The number of halogens is 1. The molecule has 0 saturated heterocycles. The third kappa shape index (κ3) is 5.68. The van der Waals surface area contributed by atoms with Crippen LogP contribution in [0.1, 0.15) is 66.4 Å². The first kappa shape index (κ1) is 29.5. The van der Waals surface area contributed by atoms with E-state index in [0.717, 1.165) is 49.4 Å².